The third-order valence-corrected chi connectivity index (χ3v) is 4.63. The standard InChI is InChI=1S/C19H17N5OS/c1-2-7-16(8-3-1)24-19(21-22-23-24)25-17-9-4-6-15(12-17)13-20-14-18-10-5-11-26-18/h1-12,20H,13-14H2. The lowest BCUT2D eigenvalue weighted by Crippen LogP contribution is -2.11. The highest BCUT2D eigenvalue weighted by atomic mass is 32.1. The second-order valence-corrected chi connectivity index (χ2v) is 6.67. The van der Waals surface area contributed by atoms with Gasteiger partial charge in [0.1, 0.15) is 5.75 Å². The molecule has 130 valence electrons. The van der Waals surface area contributed by atoms with E-state index in [4.69, 9.17) is 4.74 Å². The second-order valence-electron chi connectivity index (χ2n) is 5.64. The van der Waals surface area contributed by atoms with Crippen LogP contribution in [0, 0.1) is 0 Å². The third kappa shape index (κ3) is 3.96. The van der Waals surface area contributed by atoms with Gasteiger partial charge in [0.15, 0.2) is 0 Å². The highest BCUT2D eigenvalue weighted by Gasteiger charge is 2.10. The van der Waals surface area contributed by atoms with E-state index in [9.17, 15) is 0 Å². The zero-order valence-electron chi connectivity index (χ0n) is 13.9. The molecule has 0 bridgehead atoms. The van der Waals surface area contributed by atoms with Crippen LogP contribution in [0.15, 0.2) is 72.1 Å². The van der Waals surface area contributed by atoms with E-state index in [1.807, 2.05) is 48.5 Å². The van der Waals surface area contributed by atoms with Crippen LogP contribution in [0.25, 0.3) is 5.69 Å². The smallest absolute Gasteiger partial charge is 0.345 e. The maximum atomic E-state index is 5.90. The van der Waals surface area contributed by atoms with Crippen LogP contribution < -0.4 is 10.1 Å². The molecule has 2 heterocycles. The SMILES string of the molecule is c1ccc(-n2nnnc2Oc2cccc(CNCc3cccs3)c2)cc1. The van der Waals surface area contributed by atoms with E-state index in [0.29, 0.717) is 11.8 Å². The number of benzene rings is 2. The van der Waals surface area contributed by atoms with Gasteiger partial charge in [-0.1, -0.05) is 41.5 Å². The fourth-order valence-electron chi connectivity index (χ4n) is 2.54. The molecular formula is C19H17N5OS. The molecule has 7 heteroatoms. The summed E-state index contributed by atoms with van der Waals surface area (Å²) in [5.41, 5.74) is 1.99. The van der Waals surface area contributed by atoms with Gasteiger partial charge in [-0.15, -0.1) is 11.3 Å². The van der Waals surface area contributed by atoms with Crippen LogP contribution in [-0.2, 0) is 13.1 Å². The van der Waals surface area contributed by atoms with E-state index >= 15 is 0 Å². The summed E-state index contributed by atoms with van der Waals surface area (Å²) in [6.45, 7) is 1.62. The number of nitrogens with zero attached hydrogens (tertiary/aromatic N) is 4. The van der Waals surface area contributed by atoms with Crippen LogP contribution in [0.2, 0.25) is 0 Å². The number of hydrogen-bond donors (Lipinski definition) is 1. The first-order chi connectivity index (χ1) is 12.9. The summed E-state index contributed by atoms with van der Waals surface area (Å²) in [6.07, 6.45) is 0. The molecule has 2 aromatic heterocycles. The lowest BCUT2D eigenvalue weighted by molar-refractivity contribution is 0.426. The highest BCUT2D eigenvalue weighted by molar-refractivity contribution is 7.09. The van der Waals surface area contributed by atoms with Gasteiger partial charge >= 0.3 is 6.01 Å². The minimum absolute atomic E-state index is 0.333. The summed E-state index contributed by atoms with van der Waals surface area (Å²) in [6, 6.07) is 22.1. The van der Waals surface area contributed by atoms with Crippen molar-refractivity contribution in [3.63, 3.8) is 0 Å². The van der Waals surface area contributed by atoms with Crippen molar-refractivity contribution in [2.45, 2.75) is 13.1 Å². The topological polar surface area (TPSA) is 64.9 Å². The summed E-state index contributed by atoms with van der Waals surface area (Å²) < 4.78 is 7.47. The van der Waals surface area contributed by atoms with Gasteiger partial charge in [0.2, 0.25) is 0 Å². The van der Waals surface area contributed by atoms with E-state index < -0.39 is 0 Å². The summed E-state index contributed by atoms with van der Waals surface area (Å²) in [4.78, 5) is 1.32. The van der Waals surface area contributed by atoms with Crippen molar-refractivity contribution in [3.05, 3.63) is 82.6 Å². The quantitative estimate of drug-likeness (QED) is 0.541. The lowest BCUT2D eigenvalue weighted by atomic mass is 10.2. The Balaban J connectivity index is 1.44. The first-order valence-corrected chi connectivity index (χ1v) is 9.10. The Morgan fingerprint density at radius 2 is 1.88 bits per heavy atom. The first-order valence-electron chi connectivity index (χ1n) is 8.22. The van der Waals surface area contributed by atoms with Gasteiger partial charge in [-0.3, -0.25) is 0 Å². The molecule has 0 atom stereocenters. The fourth-order valence-corrected chi connectivity index (χ4v) is 3.22. The number of ether oxygens (including phenoxy) is 1. The summed E-state index contributed by atoms with van der Waals surface area (Å²) >= 11 is 1.75. The molecule has 0 aliphatic heterocycles. The van der Waals surface area contributed by atoms with Gasteiger partial charge in [0.05, 0.1) is 5.69 Å². The minimum atomic E-state index is 0.333. The molecule has 0 unspecified atom stereocenters. The molecule has 26 heavy (non-hydrogen) atoms. The molecule has 0 saturated heterocycles. The fraction of sp³-hybridized carbons (Fsp3) is 0.105. The number of hydrogen-bond acceptors (Lipinski definition) is 6. The molecule has 6 nitrogen and oxygen atoms in total. The zero-order valence-corrected chi connectivity index (χ0v) is 14.8. The molecule has 0 spiro atoms. The molecule has 4 aromatic rings. The van der Waals surface area contributed by atoms with Crippen LogP contribution in [0.5, 0.6) is 11.8 Å². The van der Waals surface area contributed by atoms with Crippen LogP contribution in [0.1, 0.15) is 10.4 Å². The molecule has 2 aromatic carbocycles. The van der Waals surface area contributed by atoms with Crippen molar-refractivity contribution >= 4 is 11.3 Å². The van der Waals surface area contributed by atoms with Crippen molar-refractivity contribution in [2.75, 3.05) is 0 Å². The summed E-state index contributed by atoms with van der Waals surface area (Å²) in [5.74, 6) is 0.701. The van der Waals surface area contributed by atoms with Crippen LogP contribution in [0.4, 0.5) is 0 Å². The Bertz CT molecular complexity index is 953. The summed E-state index contributed by atoms with van der Waals surface area (Å²) in [7, 11) is 0. The number of thiophene rings is 1. The number of rotatable bonds is 7. The molecular weight excluding hydrogens is 346 g/mol. The second kappa shape index (κ2) is 7.90. The molecule has 0 amide bonds. The monoisotopic (exact) mass is 363 g/mol. The number of aromatic nitrogens is 4. The van der Waals surface area contributed by atoms with E-state index in [1.54, 1.807) is 16.0 Å². The predicted octanol–water partition coefficient (Wildman–Crippen LogP) is 3.81. The molecule has 0 saturated carbocycles. The van der Waals surface area contributed by atoms with Gasteiger partial charge in [-0.05, 0) is 51.7 Å². The van der Waals surface area contributed by atoms with Gasteiger partial charge in [-0.25, -0.2) is 0 Å². The van der Waals surface area contributed by atoms with Crippen LogP contribution in [-0.4, -0.2) is 20.2 Å². The van der Waals surface area contributed by atoms with Gasteiger partial charge in [0, 0.05) is 18.0 Å². The Labute approximate surface area is 155 Å². The predicted molar refractivity (Wildman–Crippen MR) is 101 cm³/mol. The summed E-state index contributed by atoms with van der Waals surface area (Å²) in [5, 5.41) is 17.2. The normalized spacial score (nSPS) is 10.8. The first kappa shape index (κ1) is 16.4. The largest absolute Gasteiger partial charge is 0.423 e. The van der Waals surface area contributed by atoms with Crippen molar-refractivity contribution < 1.29 is 4.74 Å². The van der Waals surface area contributed by atoms with E-state index in [-0.39, 0.29) is 0 Å². The molecule has 0 fully saturated rings. The third-order valence-electron chi connectivity index (χ3n) is 3.76. The molecule has 0 radical (unpaired) electrons. The Hall–Kier alpha value is -3.03. The van der Waals surface area contributed by atoms with Crippen LogP contribution in [0.3, 0.4) is 0 Å². The Morgan fingerprint density at radius 1 is 0.962 bits per heavy atom. The van der Waals surface area contributed by atoms with Gasteiger partial charge in [-0.2, -0.15) is 4.68 Å². The average Bonchev–Trinajstić information content (AvgIpc) is 3.35. The Morgan fingerprint density at radius 3 is 2.73 bits per heavy atom. The highest BCUT2D eigenvalue weighted by Crippen LogP contribution is 2.22. The van der Waals surface area contributed by atoms with Crippen molar-refractivity contribution in [1.82, 2.24) is 25.5 Å². The number of tetrazole rings is 1. The average molecular weight is 363 g/mol. The molecule has 4 rings (SSSR count). The van der Waals surface area contributed by atoms with Crippen LogP contribution >= 0.6 is 11.3 Å². The number of para-hydroxylation sites is 1. The number of nitrogens with one attached hydrogen (secondary N) is 1. The Kier molecular flexibility index (Phi) is 5.00. The lowest BCUT2D eigenvalue weighted by Gasteiger charge is -2.08. The molecule has 0 aliphatic rings. The van der Waals surface area contributed by atoms with Crippen molar-refractivity contribution in [1.29, 1.82) is 0 Å². The van der Waals surface area contributed by atoms with E-state index in [2.05, 4.69) is 44.4 Å². The molecule has 1 N–H and O–H groups in total. The minimum Gasteiger partial charge on any atom is -0.423 e. The van der Waals surface area contributed by atoms with Crippen molar-refractivity contribution in [3.8, 4) is 17.4 Å². The van der Waals surface area contributed by atoms with Crippen molar-refractivity contribution in [2.24, 2.45) is 0 Å². The van der Waals surface area contributed by atoms with Gasteiger partial charge in [0.25, 0.3) is 0 Å². The maximum absolute atomic E-state index is 5.90. The molecule has 0 aliphatic carbocycles. The van der Waals surface area contributed by atoms with E-state index in [0.717, 1.165) is 24.3 Å². The maximum Gasteiger partial charge on any atom is 0.345 e. The van der Waals surface area contributed by atoms with Gasteiger partial charge < -0.3 is 10.1 Å². The zero-order chi connectivity index (χ0) is 17.6. The van der Waals surface area contributed by atoms with E-state index in [1.165, 1.54) is 4.88 Å².